The number of benzene rings is 1. The first-order valence-electron chi connectivity index (χ1n) is 6.50. The lowest BCUT2D eigenvalue weighted by Gasteiger charge is -2.32. The number of hydrogen-bond donors (Lipinski definition) is 1. The summed E-state index contributed by atoms with van der Waals surface area (Å²) >= 11 is 0. The number of aliphatic hydroxyl groups is 1. The molecule has 1 aliphatic rings. The maximum absolute atomic E-state index is 10.5. The molecular formula is C15H22O2. The molecule has 2 rings (SSSR count). The summed E-state index contributed by atoms with van der Waals surface area (Å²) in [6.07, 6.45) is 2.51. The number of rotatable bonds is 3. The summed E-state index contributed by atoms with van der Waals surface area (Å²) in [7, 11) is 0. The third-order valence-electron chi connectivity index (χ3n) is 3.46. The zero-order valence-electron chi connectivity index (χ0n) is 10.8. The molecule has 0 aromatic heterocycles. The zero-order chi connectivity index (χ0) is 12.3. The highest BCUT2D eigenvalue weighted by molar-refractivity contribution is 5.27. The van der Waals surface area contributed by atoms with Crippen molar-refractivity contribution < 1.29 is 9.84 Å². The molecular weight excluding hydrogens is 212 g/mol. The molecule has 1 heterocycles. The summed E-state index contributed by atoms with van der Waals surface area (Å²) in [6.45, 7) is 5.76. The quantitative estimate of drug-likeness (QED) is 0.871. The molecule has 1 aromatic rings. The van der Waals surface area contributed by atoms with Crippen molar-refractivity contribution in [1.82, 2.24) is 0 Å². The van der Waals surface area contributed by atoms with Crippen molar-refractivity contribution in [1.29, 1.82) is 0 Å². The van der Waals surface area contributed by atoms with Crippen LogP contribution >= 0.6 is 0 Å². The highest BCUT2D eigenvalue weighted by Crippen LogP contribution is 2.32. The van der Waals surface area contributed by atoms with E-state index in [1.807, 2.05) is 0 Å². The highest BCUT2D eigenvalue weighted by Gasteiger charge is 2.31. The largest absolute Gasteiger partial charge is 0.385 e. The first-order valence-corrected chi connectivity index (χ1v) is 6.50. The molecule has 0 atom stereocenters. The Hall–Kier alpha value is -0.860. The first-order chi connectivity index (χ1) is 8.10. The van der Waals surface area contributed by atoms with Gasteiger partial charge in [-0.1, -0.05) is 38.1 Å². The fourth-order valence-electron chi connectivity index (χ4n) is 2.42. The lowest BCUT2D eigenvalue weighted by molar-refractivity contribution is -0.0679. The molecule has 2 nitrogen and oxygen atoms in total. The van der Waals surface area contributed by atoms with E-state index in [4.69, 9.17) is 4.74 Å². The average Bonchev–Trinajstić information content (AvgIpc) is 2.30. The molecule has 0 amide bonds. The van der Waals surface area contributed by atoms with E-state index in [0.29, 0.717) is 32.0 Å². The highest BCUT2D eigenvalue weighted by atomic mass is 16.5. The Kier molecular flexibility index (Phi) is 3.85. The maximum atomic E-state index is 10.5. The minimum absolute atomic E-state index is 0.657. The summed E-state index contributed by atoms with van der Waals surface area (Å²) in [4.78, 5) is 0. The Morgan fingerprint density at radius 1 is 1.18 bits per heavy atom. The fourth-order valence-corrected chi connectivity index (χ4v) is 2.42. The van der Waals surface area contributed by atoms with Gasteiger partial charge in [-0.25, -0.2) is 0 Å². The molecule has 17 heavy (non-hydrogen) atoms. The van der Waals surface area contributed by atoms with Gasteiger partial charge in [0, 0.05) is 26.1 Å². The standard InChI is InChI=1S/C15H22O2/c1-12(2)11-13-3-5-14(6-4-13)15(16)7-9-17-10-8-15/h3-6,12,16H,7-11H2,1-2H3. The minimum Gasteiger partial charge on any atom is -0.385 e. The van der Waals surface area contributed by atoms with E-state index in [2.05, 4.69) is 38.1 Å². The Balaban J connectivity index is 2.11. The summed E-state index contributed by atoms with van der Waals surface area (Å²) in [6, 6.07) is 8.43. The Morgan fingerprint density at radius 3 is 2.29 bits per heavy atom. The van der Waals surface area contributed by atoms with Gasteiger partial charge >= 0.3 is 0 Å². The first kappa shape index (κ1) is 12.6. The molecule has 1 saturated heterocycles. The number of hydrogen-bond acceptors (Lipinski definition) is 2. The molecule has 0 spiro atoms. The van der Waals surface area contributed by atoms with Crippen LogP contribution in [-0.2, 0) is 16.8 Å². The van der Waals surface area contributed by atoms with E-state index in [1.54, 1.807) is 0 Å². The van der Waals surface area contributed by atoms with Crippen molar-refractivity contribution in [2.45, 2.75) is 38.7 Å². The van der Waals surface area contributed by atoms with Gasteiger partial charge in [-0.05, 0) is 23.5 Å². The van der Waals surface area contributed by atoms with Crippen molar-refractivity contribution in [2.75, 3.05) is 13.2 Å². The molecule has 0 aliphatic carbocycles. The fraction of sp³-hybridized carbons (Fsp3) is 0.600. The lowest BCUT2D eigenvalue weighted by atomic mass is 9.86. The van der Waals surface area contributed by atoms with Crippen molar-refractivity contribution in [3.63, 3.8) is 0 Å². The van der Waals surface area contributed by atoms with Gasteiger partial charge in [0.05, 0.1) is 5.60 Å². The van der Waals surface area contributed by atoms with Crippen molar-refractivity contribution in [3.8, 4) is 0 Å². The van der Waals surface area contributed by atoms with Gasteiger partial charge in [-0.3, -0.25) is 0 Å². The van der Waals surface area contributed by atoms with Gasteiger partial charge in [-0.15, -0.1) is 0 Å². The van der Waals surface area contributed by atoms with E-state index in [1.165, 1.54) is 5.56 Å². The number of ether oxygens (including phenoxy) is 1. The summed E-state index contributed by atoms with van der Waals surface area (Å²) in [5.74, 6) is 0.673. The van der Waals surface area contributed by atoms with E-state index >= 15 is 0 Å². The Labute approximate surface area is 104 Å². The van der Waals surface area contributed by atoms with Crippen molar-refractivity contribution in [3.05, 3.63) is 35.4 Å². The van der Waals surface area contributed by atoms with Gasteiger partial charge in [-0.2, -0.15) is 0 Å². The summed E-state index contributed by atoms with van der Waals surface area (Å²) in [5, 5.41) is 10.5. The van der Waals surface area contributed by atoms with Crippen LogP contribution < -0.4 is 0 Å². The smallest absolute Gasteiger partial charge is 0.0940 e. The van der Waals surface area contributed by atoms with Gasteiger partial charge in [0.15, 0.2) is 0 Å². The van der Waals surface area contributed by atoms with E-state index in [9.17, 15) is 5.11 Å². The second-order valence-electron chi connectivity index (χ2n) is 5.44. The molecule has 1 aliphatic heterocycles. The van der Waals surface area contributed by atoms with Crippen LogP contribution in [0.25, 0.3) is 0 Å². The monoisotopic (exact) mass is 234 g/mol. The molecule has 0 bridgehead atoms. The molecule has 2 heteroatoms. The lowest BCUT2D eigenvalue weighted by Crippen LogP contribution is -2.33. The predicted molar refractivity (Wildman–Crippen MR) is 68.9 cm³/mol. The SMILES string of the molecule is CC(C)Cc1ccc(C2(O)CCOCC2)cc1. The normalized spacial score (nSPS) is 19.5. The molecule has 94 valence electrons. The second-order valence-corrected chi connectivity index (χ2v) is 5.44. The van der Waals surface area contributed by atoms with Gasteiger partial charge in [0.25, 0.3) is 0 Å². The van der Waals surface area contributed by atoms with Crippen LogP contribution in [0.1, 0.15) is 37.8 Å². The van der Waals surface area contributed by atoms with E-state index in [0.717, 1.165) is 12.0 Å². The average molecular weight is 234 g/mol. The molecule has 0 saturated carbocycles. The predicted octanol–water partition coefficient (Wildman–Crippen LogP) is 2.88. The third kappa shape index (κ3) is 3.08. The van der Waals surface area contributed by atoms with Gasteiger partial charge in [0.1, 0.15) is 0 Å². The van der Waals surface area contributed by atoms with E-state index < -0.39 is 5.60 Å². The minimum atomic E-state index is -0.672. The van der Waals surface area contributed by atoms with Crippen molar-refractivity contribution >= 4 is 0 Å². The second kappa shape index (κ2) is 5.19. The van der Waals surface area contributed by atoms with Gasteiger partial charge in [0.2, 0.25) is 0 Å². The van der Waals surface area contributed by atoms with Crippen LogP contribution in [0.5, 0.6) is 0 Å². The summed E-state index contributed by atoms with van der Waals surface area (Å²) in [5.41, 5.74) is 1.71. The van der Waals surface area contributed by atoms with Crippen LogP contribution in [0, 0.1) is 5.92 Å². The van der Waals surface area contributed by atoms with Crippen LogP contribution in [0.15, 0.2) is 24.3 Å². The molecule has 0 radical (unpaired) electrons. The molecule has 1 fully saturated rings. The van der Waals surface area contributed by atoms with E-state index in [-0.39, 0.29) is 0 Å². The summed E-state index contributed by atoms with van der Waals surface area (Å²) < 4.78 is 5.30. The van der Waals surface area contributed by atoms with Crippen LogP contribution in [0.4, 0.5) is 0 Å². The van der Waals surface area contributed by atoms with Crippen LogP contribution in [-0.4, -0.2) is 18.3 Å². The van der Waals surface area contributed by atoms with Crippen LogP contribution in [0.2, 0.25) is 0 Å². The Bertz CT molecular complexity index is 348. The van der Waals surface area contributed by atoms with Crippen molar-refractivity contribution in [2.24, 2.45) is 5.92 Å². The molecule has 1 aromatic carbocycles. The van der Waals surface area contributed by atoms with Crippen LogP contribution in [0.3, 0.4) is 0 Å². The topological polar surface area (TPSA) is 29.5 Å². The molecule has 0 unspecified atom stereocenters. The maximum Gasteiger partial charge on any atom is 0.0940 e. The Morgan fingerprint density at radius 2 is 1.76 bits per heavy atom. The molecule has 1 N–H and O–H groups in total. The zero-order valence-corrected chi connectivity index (χ0v) is 10.8. The third-order valence-corrected chi connectivity index (χ3v) is 3.46. The van der Waals surface area contributed by atoms with Gasteiger partial charge < -0.3 is 9.84 Å².